The molecule has 0 fully saturated rings. The van der Waals surface area contributed by atoms with Gasteiger partial charge < -0.3 is 23.3 Å². The summed E-state index contributed by atoms with van der Waals surface area (Å²) in [6.07, 6.45) is 3.63. The molecule has 0 amide bonds. The molecule has 1 N–H and O–H groups in total. The van der Waals surface area contributed by atoms with Crippen LogP contribution in [0.1, 0.15) is 64.4 Å². The topological polar surface area (TPSA) is 97.7 Å². The van der Waals surface area contributed by atoms with Crippen molar-refractivity contribution in [1.82, 2.24) is 14.3 Å². The Labute approximate surface area is 255 Å². The van der Waals surface area contributed by atoms with Crippen LogP contribution < -0.4 is 14.2 Å². The normalized spacial score (nSPS) is 12.5. The minimum atomic E-state index is -1.37. The molecule has 43 heavy (non-hydrogen) atoms. The van der Waals surface area contributed by atoms with Crippen molar-refractivity contribution in [2.45, 2.75) is 71.9 Å². The molecule has 2 aromatic heterocycles. The summed E-state index contributed by atoms with van der Waals surface area (Å²) in [5.74, 6) is 0.284. The van der Waals surface area contributed by atoms with Crippen LogP contribution in [-0.4, -0.2) is 38.5 Å². The van der Waals surface area contributed by atoms with Gasteiger partial charge in [-0.2, -0.15) is 0 Å². The highest BCUT2D eigenvalue weighted by atomic mass is 32.2. The molecule has 0 saturated carbocycles. The molecule has 2 aromatic carbocycles. The van der Waals surface area contributed by atoms with Crippen LogP contribution in [0.15, 0.2) is 54.9 Å². The molecule has 0 aliphatic heterocycles. The molecular formula is C33H40FN3O5S. The quantitative estimate of drug-likeness (QED) is 0.142. The van der Waals surface area contributed by atoms with Crippen molar-refractivity contribution in [1.29, 1.82) is 0 Å². The zero-order valence-corrected chi connectivity index (χ0v) is 26.6. The number of halogens is 1. The van der Waals surface area contributed by atoms with Gasteiger partial charge in [-0.25, -0.2) is 4.39 Å². The molecule has 0 aliphatic rings. The molecule has 0 radical (unpaired) electrons. The molecule has 0 saturated heterocycles. The SMILES string of the molecule is CCOC(=O)Cc1ccc(OC)cc1OCc1cc(-c2ccnc(CN[S@@+]([O-])C(C)(C)C)c2F)c2ccn(C(C)C)c2c1. The van der Waals surface area contributed by atoms with Crippen LogP contribution in [0.25, 0.3) is 22.0 Å². The maximum atomic E-state index is 16.0. The van der Waals surface area contributed by atoms with E-state index in [-0.39, 0.29) is 37.3 Å². The lowest BCUT2D eigenvalue weighted by molar-refractivity contribution is -0.142. The fraction of sp³-hybridized carbons (Fsp3) is 0.394. The van der Waals surface area contributed by atoms with Gasteiger partial charge in [-0.15, -0.1) is 4.72 Å². The number of ether oxygens (including phenoxy) is 3. The lowest BCUT2D eigenvalue weighted by Crippen LogP contribution is -2.39. The maximum absolute atomic E-state index is 16.0. The summed E-state index contributed by atoms with van der Waals surface area (Å²) < 4.78 is 49.9. The lowest BCUT2D eigenvalue weighted by atomic mass is 9.98. The molecule has 0 bridgehead atoms. The van der Waals surface area contributed by atoms with Crippen molar-refractivity contribution in [2.24, 2.45) is 0 Å². The molecule has 4 aromatic rings. The molecule has 0 unspecified atom stereocenters. The van der Waals surface area contributed by atoms with E-state index in [2.05, 4.69) is 28.1 Å². The molecular weight excluding hydrogens is 569 g/mol. The zero-order valence-electron chi connectivity index (χ0n) is 25.8. The number of nitrogens with one attached hydrogen (secondary N) is 1. The first-order valence-corrected chi connectivity index (χ1v) is 15.5. The predicted octanol–water partition coefficient (Wildman–Crippen LogP) is 6.67. The van der Waals surface area contributed by atoms with E-state index in [4.69, 9.17) is 14.2 Å². The van der Waals surface area contributed by atoms with Gasteiger partial charge in [-0.3, -0.25) is 9.78 Å². The van der Waals surface area contributed by atoms with Crippen LogP contribution in [0.3, 0.4) is 0 Å². The average molecular weight is 610 g/mol. The Hall–Kier alpha value is -3.60. The van der Waals surface area contributed by atoms with E-state index >= 15 is 4.39 Å². The Bertz CT molecular complexity index is 1580. The number of benzene rings is 2. The maximum Gasteiger partial charge on any atom is 0.310 e. The van der Waals surface area contributed by atoms with Gasteiger partial charge in [0.05, 0.1) is 32.4 Å². The summed E-state index contributed by atoms with van der Waals surface area (Å²) in [6.45, 7) is 12.0. The highest BCUT2D eigenvalue weighted by molar-refractivity contribution is 7.90. The average Bonchev–Trinajstić information content (AvgIpc) is 3.39. The lowest BCUT2D eigenvalue weighted by Gasteiger charge is -2.23. The van der Waals surface area contributed by atoms with Crippen LogP contribution in [-0.2, 0) is 40.5 Å². The number of esters is 1. The highest BCUT2D eigenvalue weighted by Crippen LogP contribution is 2.35. The van der Waals surface area contributed by atoms with E-state index in [1.54, 1.807) is 44.5 Å². The van der Waals surface area contributed by atoms with Crippen LogP contribution in [0.2, 0.25) is 0 Å². The van der Waals surface area contributed by atoms with Crippen molar-refractivity contribution in [3.63, 3.8) is 0 Å². The van der Waals surface area contributed by atoms with E-state index in [9.17, 15) is 9.35 Å². The third-order valence-corrected chi connectivity index (χ3v) is 8.46. The van der Waals surface area contributed by atoms with Gasteiger partial charge in [0.2, 0.25) is 0 Å². The van der Waals surface area contributed by atoms with Crippen LogP contribution in [0.5, 0.6) is 11.5 Å². The van der Waals surface area contributed by atoms with Gasteiger partial charge in [-0.1, -0.05) is 6.07 Å². The van der Waals surface area contributed by atoms with Crippen molar-refractivity contribution in [3.8, 4) is 22.6 Å². The summed E-state index contributed by atoms with van der Waals surface area (Å²) in [7, 11) is 1.57. The van der Waals surface area contributed by atoms with Gasteiger partial charge in [0.1, 0.15) is 22.9 Å². The third kappa shape index (κ3) is 7.68. The first kappa shape index (κ1) is 32.3. The monoisotopic (exact) mass is 609 g/mol. The number of carbonyl (C=O) groups is 1. The first-order chi connectivity index (χ1) is 20.4. The molecule has 0 spiro atoms. The number of methoxy groups -OCH3 is 1. The van der Waals surface area contributed by atoms with Crippen molar-refractivity contribution in [3.05, 3.63) is 77.5 Å². The second-order valence-corrected chi connectivity index (χ2v) is 13.5. The predicted molar refractivity (Wildman–Crippen MR) is 168 cm³/mol. The van der Waals surface area contributed by atoms with E-state index in [1.807, 2.05) is 45.2 Å². The Kier molecular flexibility index (Phi) is 10.4. The number of rotatable bonds is 12. The fourth-order valence-electron chi connectivity index (χ4n) is 4.72. The molecule has 8 nitrogen and oxygen atoms in total. The number of aromatic nitrogens is 2. The number of pyridine rings is 1. The van der Waals surface area contributed by atoms with Crippen molar-refractivity contribution in [2.75, 3.05) is 13.7 Å². The molecule has 0 aliphatic carbocycles. The molecule has 230 valence electrons. The number of fused-ring (bicyclic) bond motifs is 1. The van der Waals surface area contributed by atoms with Gasteiger partial charge >= 0.3 is 5.97 Å². The highest BCUT2D eigenvalue weighted by Gasteiger charge is 2.27. The second kappa shape index (κ2) is 13.8. The Morgan fingerprint density at radius 2 is 1.91 bits per heavy atom. The van der Waals surface area contributed by atoms with Crippen molar-refractivity contribution >= 4 is 28.2 Å². The summed E-state index contributed by atoms with van der Waals surface area (Å²) in [4.78, 5) is 16.5. The molecule has 10 heteroatoms. The van der Waals surface area contributed by atoms with Crippen LogP contribution in [0.4, 0.5) is 4.39 Å². The number of carbonyl (C=O) groups excluding carboxylic acids is 1. The first-order valence-electron chi connectivity index (χ1n) is 14.3. The Balaban J connectivity index is 1.72. The van der Waals surface area contributed by atoms with E-state index < -0.39 is 21.9 Å². The standard InChI is InChI=1S/C33H40FN3O5S/c1-8-41-31(38)17-23-9-10-24(40-7)18-30(23)42-20-22-15-27(25-12-14-37(21(2)3)29(25)16-22)26-11-13-35-28(32(26)34)19-36-43(39)33(4,5)6/h9-16,18,21,36H,8,17,19-20H2,1-7H3/t43-/m0/s1. The summed E-state index contributed by atoms with van der Waals surface area (Å²) in [5.41, 5.74) is 3.72. The van der Waals surface area contributed by atoms with Crippen molar-refractivity contribution < 1.29 is 27.9 Å². The summed E-state index contributed by atoms with van der Waals surface area (Å²) >= 11 is -1.37. The number of nitrogens with zero attached hydrogens (tertiary/aromatic N) is 2. The van der Waals surface area contributed by atoms with Gasteiger partial charge in [0.25, 0.3) is 0 Å². The third-order valence-electron chi connectivity index (χ3n) is 6.94. The van der Waals surface area contributed by atoms with Crippen LogP contribution in [0, 0.1) is 5.82 Å². The smallest absolute Gasteiger partial charge is 0.310 e. The van der Waals surface area contributed by atoms with E-state index in [1.165, 1.54) is 0 Å². The minimum Gasteiger partial charge on any atom is -0.598 e. The molecule has 4 rings (SSSR count). The summed E-state index contributed by atoms with van der Waals surface area (Å²) in [6, 6.07) is 13.1. The zero-order chi connectivity index (χ0) is 31.3. The van der Waals surface area contributed by atoms with Crippen LogP contribution >= 0.6 is 0 Å². The van der Waals surface area contributed by atoms with Gasteiger partial charge in [0.15, 0.2) is 5.82 Å². The molecule has 2 heterocycles. The Morgan fingerprint density at radius 1 is 1.14 bits per heavy atom. The van der Waals surface area contributed by atoms with E-state index in [0.717, 1.165) is 16.5 Å². The van der Waals surface area contributed by atoms with Gasteiger partial charge in [-0.05, 0) is 83.0 Å². The molecule has 1 atom stereocenters. The minimum absolute atomic E-state index is 0.0294. The van der Waals surface area contributed by atoms with E-state index in [0.29, 0.717) is 34.8 Å². The Morgan fingerprint density at radius 3 is 2.58 bits per heavy atom. The van der Waals surface area contributed by atoms with Gasteiger partial charge in [0, 0.05) is 57.9 Å². The second-order valence-electron chi connectivity index (χ2n) is 11.5. The number of hydrogen-bond donors (Lipinski definition) is 1. The number of hydrogen-bond acceptors (Lipinski definition) is 7. The summed E-state index contributed by atoms with van der Waals surface area (Å²) in [5, 5.41) is 0.893. The fourth-order valence-corrected chi connectivity index (χ4v) is 5.42. The largest absolute Gasteiger partial charge is 0.598 e.